The zero-order chi connectivity index (χ0) is 10.4. The highest BCUT2D eigenvalue weighted by atomic mass is 16.5. The summed E-state index contributed by atoms with van der Waals surface area (Å²) >= 11 is 0. The first-order chi connectivity index (χ1) is 6.72. The second-order valence-corrected chi connectivity index (χ2v) is 2.74. The van der Waals surface area contributed by atoms with E-state index in [-0.39, 0.29) is 12.6 Å². The molecule has 14 heavy (non-hydrogen) atoms. The molecule has 0 aliphatic carbocycles. The van der Waals surface area contributed by atoms with E-state index in [2.05, 4.69) is 15.0 Å². The highest BCUT2D eigenvalue weighted by Crippen LogP contribution is 1.97. The van der Waals surface area contributed by atoms with Crippen molar-refractivity contribution in [3.8, 4) is 0 Å². The van der Waals surface area contributed by atoms with Crippen molar-refractivity contribution in [2.75, 3.05) is 25.6 Å². The molecule has 0 radical (unpaired) electrons. The molecule has 0 saturated heterocycles. The van der Waals surface area contributed by atoms with Crippen LogP contribution in [0.4, 0.5) is 5.95 Å². The van der Waals surface area contributed by atoms with Crippen molar-refractivity contribution in [1.29, 1.82) is 0 Å². The minimum Gasteiger partial charge on any atom is -0.394 e. The summed E-state index contributed by atoms with van der Waals surface area (Å²) in [6.07, 6.45) is 0.577. The number of hydrogen-bond donors (Lipinski definition) is 2. The highest BCUT2D eigenvalue weighted by molar-refractivity contribution is 5.15. The van der Waals surface area contributed by atoms with Gasteiger partial charge >= 0.3 is 0 Å². The molecule has 0 spiro atoms. The maximum atomic E-state index is 8.47. The van der Waals surface area contributed by atoms with Gasteiger partial charge in [0, 0.05) is 6.42 Å². The quantitative estimate of drug-likeness (QED) is 0.608. The van der Waals surface area contributed by atoms with Crippen LogP contribution in [0.15, 0.2) is 0 Å². The zero-order valence-corrected chi connectivity index (χ0v) is 8.10. The van der Waals surface area contributed by atoms with Crippen LogP contribution < -0.4 is 5.73 Å². The maximum Gasteiger partial charge on any atom is 0.223 e. The van der Waals surface area contributed by atoms with Gasteiger partial charge < -0.3 is 15.6 Å². The van der Waals surface area contributed by atoms with Crippen LogP contribution in [0.2, 0.25) is 0 Å². The molecule has 1 heterocycles. The number of nitrogens with two attached hydrogens (primary N) is 1. The van der Waals surface area contributed by atoms with Crippen molar-refractivity contribution < 1.29 is 9.84 Å². The van der Waals surface area contributed by atoms with Gasteiger partial charge in [0.25, 0.3) is 0 Å². The Hall–Kier alpha value is -1.27. The average Bonchev–Trinajstić information content (AvgIpc) is 2.11. The first-order valence-corrected chi connectivity index (χ1v) is 4.38. The minimum atomic E-state index is 0.0262. The van der Waals surface area contributed by atoms with Gasteiger partial charge in [-0.3, -0.25) is 0 Å². The van der Waals surface area contributed by atoms with Gasteiger partial charge in [0.1, 0.15) is 11.6 Å². The van der Waals surface area contributed by atoms with Crippen LogP contribution in [0.1, 0.15) is 11.6 Å². The number of rotatable bonds is 5. The normalized spacial score (nSPS) is 10.4. The van der Waals surface area contributed by atoms with E-state index >= 15 is 0 Å². The molecule has 0 bridgehead atoms. The van der Waals surface area contributed by atoms with Crippen molar-refractivity contribution >= 4 is 5.95 Å². The van der Waals surface area contributed by atoms with E-state index in [9.17, 15) is 0 Å². The number of anilines is 1. The molecular weight excluding hydrogens is 184 g/mol. The number of aromatic nitrogens is 3. The largest absolute Gasteiger partial charge is 0.394 e. The third-order valence-corrected chi connectivity index (χ3v) is 1.52. The van der Waals surface area contributed by atoms with Crippen LogP contribution in [-0.2, 0) is 11.2 Å². The Balaban J connectivity index is 2.42. The lowest BCUT2D eigenvalue weighted by Crippen LogP contribution is -2.09. The molecule has 0 saturated carbocycles. The molecule has 0 amide bonds. The van der Waals surface area contributed by atoms with E-state index in [0.29, 0.717) is 31.3 Å². The fourth-order valence-electron chi connectivity index (χ4n) is 1.00. The fraction of sp³-hybridized carbons (Fsp3) is 0.625. The molecule has 0 aliphatic rings. The fourth-order valence-corrected chi connectivity index (χ4v) is 1.00. The third-order valence-electron chi connectivity index (χ3n) is 1.52. The first-order valence-electron chi connectivity index (χ1n) is 4.38. The van der Waals surface area contributed by atoms with E-state index in [1.807, 2.05) is 0 Å². The second kappa shape index (κ2) is 5.46. The molecule has 6 heteroatoms. The Morgan fingerprint density at radius 2 is 2.07 bits per heavy atom. The van der Waals surface area contributed by atoms with E-state index in [0.717, 1.165) is 0 Å². The summed E-state index contributed by atoms with van der Waals surface area (Å²) in [6, 6.07) is 0. The van der Waals surface area contributed by atoms with Crippen molar-refractivity contribution in [1.82, 2.24) is 15.0 Å². The van der Waals surface area contributed by atoms with Gasteiger partial charge in [0.2, 0.25) is 5.95 Å². The Bertz CT molecular complexity index is 272. The minimum absolute atomic E-state index is 0.0262. The van der Waals surface area contributed by atoms with Crippen molar-refractivity contribution in [3.63, 3.8) is 0 Å². The highest BCUT2D eigenvalue weighted by Gasteiger charge is 2.00. The lowest BCUT2D eigenvalue weighted by molar-refractivity contribution is 0.0936. The third kappa shape index (κ3) is 3.63. The van der Waals surface area contributed by atoms with Crippen LogP contribution in [0, 0.1) is 6.92 Å². The number of nitrogens with zero attached hydrogens (tertiary/aromatic N) is 3. The van der Waals surface area contributed by atoms with E-state index in [1.165, 1.54) is 0 Å². The monoisotopic (exact) mass is 198 g/mol. The lowest BCUT2D eigenvalue weighted by Gasteiger charge is -2.02. The van der Waals surface area contributed by atoms with Gasteiger partial charge in [-0.1, -0.05) is 0 Å². The topological polar surface area (TPSA) is 94.2 Å². The van der Waals surface area contributed by atoms with Gasteiger partial charge in [-0.05, 0) is 6.92 Å². The maximum absolute atomic E-state index is 8.47. The molecule has 0 unspecified atom stereocenters. The average molecular weight is 198 g/mol. The number of nitrogen functional groups attached to an aromatic ring is 1. The summed E-state index contributed by atoms with van der Waals surface area (Å²) in [7, 11) is 0. The number of aliphatic hydroxyl groups is 1. The van der Waals surface area contributed by atoms with Crippen LogP contribution in [0.25, 0.3) is 0 Å². The molecule has 6 nitrogen and oxygen atoms in total. The molecule has 0 aromatic carbocycles. The molecular formula is C8H14N4O2. The van der Waals surface area contributed by atoms with Crippen LogP contribution in [0.3, 0.4) is 0 Å². The Labute approximate surface area is 82.2 Å². The number of hydrogen-bond acceptors (Lipinski definition) is 6. The van der Waals surface area contributed by atoms with Crippen molar-refractivity contribution in [2.45, 2.75) is 13.3 Å². The van der Waals surface area contributed by atoms with Crippen LogP contribution >= 0.6 is 0 Å². The summed E-state index contributed by atoms with van der Waals surface area (Å²) in [5, 5.41) is 8.47. The lowest BCUT2D eigenvalue weighted by atomic mass is 10.4. The molecule has 1 aromatic heterocycles. The van der Waals surface area contributed by atoms with E-state index in [1.54, 1.807) is 6.92 Å². The van der Waals surface area contributed by atoms with Crippen LogP contribution in [-0.4, -0.2) is 39.9 Å². The molecule has 1 aromatic rings. The standard InChI is InChI=1S/C8H14N4O2/c1-6-10-7(12-8(9)11-6)2-4-14-5-3-13/h13H,2-5H2,1H3,(H2,9,10,11,12). The summed E-state index contributed by atoms with van der Waals surface area (Å²) in [4.78, 5) is 11.9. The predicted molar refractivity (Wildman–Crippen MR) is 50.6 cm³/mol. The molecule has 78 valence electrons. The van der Waals surface area contributed by atoms with Crippen molar-refractivity contribution in [2.24, 2.45) is 0 Å². The number of ether oxygens (including phenoxy) is 1. The predicted octanol–water partition coefficient (Wildman–Crippen LogP) is -0.686. The number of aliphatic hydroxyl groups excluding tert-OH is 1. The van der Waals surface area contributed by atoms with E-state index < -0.39 is 0 Å². The first kappa shape index (κ1) is 10.8. The molecule has 0 atom stereocenters. The van der Waals surface area contributed by atoms with E-state index in [4.69, 9.17) is 15.6 Å². The summed E-state index contributed by atoms with van der Waals surface area (Å²) in [5.74, 6) is 1.46. The Kier molecular flexibility index (Phi) is 4.21. The Morgan fingerprint density at radius 3 is 2.71 bits per heavy atom. The van der Waals surface area contributed by atoms with Gasteiger partial charge in [-0.25, -0.2) is 4.98 Å². The SMILES string of the molecule is Cc1nc(N)nc(CCOCCO)n1. The summed E-state index contributed by atoms with van der Waals surface area (Å²) < 4.78 is 5.08. The van der Waals surface area contributed by atoms with Crippen LogP contribution in [0.5, 0.6) is 0 Å². The second-order valence-electron chi connectivity index (χ2n) is 2.74. The molecule has 1 rings (SSSR count). The van der Waals surface area contributed by atoms with Gasteiger partial charge in [-0.2, -0.15) is 9.97 Å². The van der Waals surface area contributed by atoms with Gasteiger partial charge in [0.15, 0.2) is 0 Å². The smallest absolute Gasteiger partial charge is 0.223 e. The number of aryl methyl sites for hydroxylation is 1. The summed E-state index contributed by atoms with van der Waals surface area (Å²) in [5.41, 5.74) is 5.45. The molecule has 3 N–H and O–H groups in total. The Morgan fingerprint density at radius 1 is 1.29 bits per heavy atom. The summed E-state index contributed by atoms with van der Waals surface area (Å²) in [6.45, 7) is 2.59. The molecule has 0 fully saturated rings. The van der Waals surface area contributed by atoms with Crippen molar-refractivity contribution in [3.05, 3.63) is 11.6 Å². The van der Waals surface area contributed by atoms with Gasteiger partial charge in [0.05, 0.1) is 19.8 Å². The molecule has 0 aliphatic heterocycles. The zero-order valence-electron chi connectivity index (χ0n) is 8.10. The van der Waals surface area contributed by atoms with Gasteiger partial charge in [-0.15, -0.1) is 0 Å².